The number of sulfonamides is 1. The summed E-state index contributed by atoms with van der Waals surface area (Å²) in [5, 5.41) is 9.16. The van der Waals surface area contributed by atoms with Crippen LogP contribution in [0, 0.1) is 5.41 Å². The van der Waals surface area contributed by atoms with E-state index in [4.69, 9.17) is 10.2 Å². The van der Waals surface area contributed by atoms with Crippen LogP contribution in [0.25, 0.3) is 0 Å². The van der Waals surface area contributed by atoms with Gasteiger partial charge in [-0.2, -0.15) is 5.06 Å². The Balaban J connectivity index is 1.40. The minimum atomic E-state index is -3.49. The highest BCUT2D eigenvalue weighted by Gasteiger charge is 2.48. The SMILES string of the molecule is N=C(NS(=O)(=O)C1CC1)[C@@H]1CC[C@@H]2CN1C(=O)N2OCc1ccccc1. The van der Waals surface area contributed by atoms with E-state index in [9.17, 15) is 13.2 Å². The van der Waals surface area contributed by atoms with Crippen molar-refractivity contribution < 1.29 is 18.0 Å². The van der Waals surface area contributed by atoms with E-state index in [2.05, 4.69) is 4.72 Å². The van der Waals surface area contributed by atoms with Gasteiger partial charge in [-0.1, -0.05) is 30.3 Å². The maximum atomic E-state index is 12.7. The Morgan fingerprint density at radius 2 is 1.92 bits per heavy atom. The zero-order valence-electron chi connectivity index (χ0n) is 14.3. The summed E-state index contributed by atoms with van der Waals surface area (Å²) in [6.45, 7) is 0.749. The molecule has 9 heteroatoms. The standard InChI is InChI=1S/C17H22N4O4S/c18-16(19-26(23,24)14-7-8-14)15-9-6-13-10-20(15)17(22)21(13)25-11-12-4-2-1-3-5-12/h1-5,13-15H,6-11H2,(H2,18,19)/t13-,15+/m1/s1. The predicted molar refractivity (Wildman–Crippen MR) is 94.8 cm³/mol. The van der Waals surface area contributed by atoms with E-state index in [1.807, 2.05) is 30.3 Å². The number of piperidine rings is 1. The smallest absolute Gasteiger partial charge is 0.311 e. The first-order chi connectivity index (χ1) is 12.5. The zero-order chi connectivity index (χ0) is 18.3. The second-order valence-corrected chi connectivity index (χ2v) is 8.99. The van der Waals surface area contributed by atoms with E-state index in [1.165, 1.54) is 9.96 Å². The van der Waals surface area contributed by atoms with E-state index in [-0.39, 0.29) is 23.2 Å². The van der Waals surface area contributed by atoms with Crippen LogP contribution in [-0.2, 0) is 21.5 Å². The van der Waals surface area contributed by atoms with Crippen LogP contribution in [0.4, 0.5) is 4.79 Å². The fourth-order valence-corrected chi connectivity index (χ4v) is 4.87. The Labute approximate surface area is 152 Å². The molecule has 2 heterocycles. The predicted octanol–water partition coefficient (Wildman–Crippen LogP) is 1.45. The van der Waals surface area contributed by atoms with Gasteiger partial charge in [0.05, 0.1) is 17.3 Å². The molecule has 1 aliphatic carbocycles. The van der Waals surface area contributed by atoms with Gasteiger partial charge in [0.15, 0.2) is 0 Å². The number of hydroxylamine groups is 2. The van der Waals surface area contributed by atoms with Gasteiger partial charge < -0.3 is 4.90 Å². The number of urea groups is 1. The van der Waals surface area contributed by atoms with Crippen molar-refractivity contribution in [3.05, 3.63) is 35.9 Å². The summed E-state index contributed by atoms with van der Waals surface area (Å²) in [6, 6.07) is 8.70. The fraction of sp³-hybridized carbons (Fsp3) is 0.529. The zero-order valence-corrected chi connectivity index (χ0v) is 15.1. The molecule has 2 amide bonds. The van der Waals surface area contributed by atoms with Gasteiger partial charge >= 0.3 is 6.03 Å². The second kappa shape index (κ2) is 6.55. The molecule has 2 N–H and O–H groups in total. The number of fused-ring (bicyclic) bond motifs is 2. The molecule has 3 fully saturated rings. The van der Waals surface area contributed by atoms with Crippen LogP contribution in [0.1, 0.15) is 31.2 Å². The number of hydrogen-bond donors (Lipinski definition) is 2. The maximum absolute atomic E-state index is 12.7. The van der Waals surface area contributed by atoms with Crippen molar-refractivity contribution in [2.75, 3.05) is 6.54 Å². The lowest BCUT2D eigenvalue weighted by Gasteiger charge is -2.30. The van der Waals surface area contributed by atoms with Crippen LogP contribution < -0.4 is 4.72 Å². The summed E-state index contributed by atoms with van der Waals surface area (Å²) in [4.78, 5) is 20.0. The minimum Gasteiger partial charge on any atom is -0.311 e. The summed E-state index contributed by atoms with van der Waals surface area (Å²) in [5.41, 5.74) is 0.971. The van der Waals surface area contributed by atoms with Gasteiger partial charge in [0.25, 0.3) is 0 Å². The Bertz CT molecular complexity index is 809. The first kappa shape index (κ1) is 17.3. The molecule has 2 atom stereocenters. The van der Waals surface area contributed by atoms with E-state index in [1.54, 1.807) is 0 Å². The second-order valence-electron chi connectivity index (χ2n) is 7.03. The van der Waals surface area contributed by atoms with Gasteiger partial charge in [0, 0.05) is 6.54 Å². The number of nitrogens with zero attached hydrogens (tertiary/aromatic N) is 2. The van der Waals surface area contributed by atoms with Gasteiger partial charge in [-0.15, -0.1) is 0 Å². The largest absolute Gasteiger partial charge is 0.344 e. The molecule has 0 radical (unpaired) electrons. The molecular weight excluding hydrogens is 356 g/mol. The number of amidine groups is 1. The normalized spacial score (nSPS) is 25.5. The molecule has 4 rings (SSSR count). The van der Waals surface area contributed by atoms with Crippen LogP contribution in [0.15, 0.2) is 30.3 Å². The number of hydrogen-bond acceptors (Lipinski definition) is 5. The Hall–Kier alpha value is -2.13. The van der Waals surface area contributed by atoms with Crippen LogP contribution in [0.3, 0.4) is 0 Å². The molecule has 1 aromatic rings. The van der Waals surface area contributed by atoms with Crippen LogP contribution in [0.2, 0.25) is 0 Å². The molecule has 1 aromatic carbocycles. The van der Waals surface area contributed by atoms with Crippen molar-refractivity contribution in [1.82, 2.24) is 14.7 Å². The summed E-state index contributed by atoms with van der Waals surface area (Å²) >= 11 is 0. The number of carbonyl (C=O) groups excluding carboxylic acids is 1. The Morgan fingerprint density at radius 1 is 1.19 bits per heavy atom. The molecule has 0 unspecified atom stereocenters. The number of carbonyl (C=O) groups is 1. The van der Waals surface area contributed by atoms with Gasteiger partial charge in [0.2, 0.25) is 10.0 Å². The lowest BCUT2D eigenvalue weighted by Crippen LogP contribution is -2.51. The van der Waals surface area contributed by atoms with Crippen molar-refractivity contribution in [1.29, 1.82) is 5.41 Å². The molecule has 2 saturated heterocycles. The highest BCUT2D eigenvalue weighted by Crippen LogP contribution is 2.32. The Morgan fingerprint density at radius 3 is 2.62 bits per heavy atom. The quantitative estimate of drug-likeness (QED) is 0.577. The van der Waals surface area contributed by atoms with E-state index >= 15 is 0 Å². The third kappa shape index (κ3) is 3.28. The maximum Gasteiger partial charge on any atom is 0.344 e. The highest BCUT2D eigenvalue weighted by atomic mass is 32.2. The molecule has 2 bridgehead atoms. The average molecular weight is 378 g/mol. The first-order valence-corrected chi connectivity index (χ1v) is 10.4. The molecule has 140 valence electrons. The van der Waals surface area contributed by atoms with Gasteiger partial charge in [-0.3, -0.25) is 15.0 Å². The van der Waals surface area contributed by atoms with E-state index in [0.29, 0.717) is 38.8 Å². The summed E-state index contributed by atoms with van der Waals surface area (Å²) in [7, 11) is -3.49. The third-order valence-electron chi connectivity index (χ3n) is 5.08. The number of nitrogens with one attached hydrogen (secondary N) is 2. The van der Waals surface area contributed by atoms with E-state index < -0.39 is 16.1 Å². The topological polar surface area (TPSA) is 103 Å². The molecular formula is C17H22N4O4S. The monoisotopic (exact) mass is 378 g/mol. The van der Waals surface area contributed by atoms with Crippen molar-refractivity contribution in [2.45, 2.75) is 49.6 Å². The minimum absolute atomic E-state index is 0.0599. The van der Waals surface area contributed by atoms with Crippen molar-refractivity contribution in [3.63, 3.8) is 0 Å². The lowest BCUT2D eigenvalue weighted by molar-refractivity contribution is -0.140. The summed E-state index contributed by atoms with van der Waals surface area (Å²) in [5.74, 6) is -0.117. The molecule has 0 spiro atoms. The average Bonchev–Trinajstić information content (AvgIpc) is 3.45. The highest BCUT2D eigenvalue weighted by molar-refractivity contribution is 7.91. The van der Waals surface area contributed by atoms with Crippen molar-refractivity contribution in [2.24, 2.45) is 0 Å². The van der Waals surface area contributed by atoms with Crippen LogP contribution in [-0.4, -0.2) is 54.1 Å². The van der Waals surface area contributed by atoms with Crippen LogP contribution in [0.5, 0.6) is 0 Å². The number of benzene rings is 1. The summed E-state index contributed by atoms with van der Waals surface area (Å²) in [6.07, 6.45) is 2.50. The van der Waals surface area contributed by atoms with Gasteiger partial charge in [-0.05, 0) is 31.2 Å². The number of amides is 2. The van der Waals surface area contributed by atoms with Gasteiger partial charge in [0.1, 0.15) is 12.4 Å². The molecule has 0 aromatic heterocycles. The molecule has 1 saturated carbocycles. The molecule has 8 nitrogen and oxygen atoms in total. The van der Waals surface area contributed by atoms with E-state index in [0.717, 1.165) is 5.56 Å². The van der Waals surface area contributed by atoms with Crippen molar-refractivity contribution >= 4 is 21.9 Å². The molecule has 3 aliphatic rings. The fourth-order valence-electron chi connectivity index (χ4n) is 3.50. The molecule has 26 heavy (non-hydrogen) atoms. The van der Waals surface area contributed by atoms with Crippen molar-refractivity contribution in [3.8, 4) is 0 Å². The lowest BCUT2D eigenvalue weighted by atomic mass is 10.0. The molecule has 2 aliphatic heterocycles. The number of rotatable bonds is 6. The summed E-state index contributed by atoms with van der Waals surface area (Å²) < 4.78 is 26.5. The first-order valence-electron chi connectivity index (χ1n) is 8.82. The van der Waals surface area contributed by atoms with Gasteiger partial charge in [-0.25, -0.2) is 13.2 Å². The van der Waals surface area contributed by atoms with Crippen LogP contribution >= 0.6 is 0 Å². The Kier molecular flexibility index (Phi) is 4.36. The third-order valence-corrected chi connectivity index (χ3v) is 6.94.